The van der Waals surface area contributed by atoms with Crippen molar-refractivity contribution in [2.45, 2.75) is 37.4 Å². The molecule has 0 radical (unpaired) electrons. The minimum Gasteiger partial charge on any atom is -0.497 e. The molecule has 4 rings (SSSR count). The fraction of sp³-hybridized carbons (Fsp3) is 0.250. The summed E-state index contributed by atoms with van der Waals surface area (Å²) in [5.74, 6) is 2.50. The van der Waals surface area contributed by atoms with Gasteiger partial charge in [-0.25, -0.2) is 0 Å². The van der Waals surface area contributed by atoms with Crippen molar-refractivity contribution in [2.75, 3.05) is 12.9 Å². The Hall–Kier alpha value is -3.58. The third-order valence-corrected chi connectivity index (χ3v) is 6.71. The van der Waals surface area contributed by atoms with E-state index in [0.29, 0.717) is 12.8 Å². The highest BCUT2D eigenvalue weighted by Gasteiger charge is 2.16. The van der Waals surface area contributed by atoms with E-state index >= 15 is 0 Å². The number of nitrogens with one attached hydrogen (secondary N) is 1. The fourth-order valence-electron chi connectivity index (χ4n) is 3.81. The molecule has 0 fully saturated rings. The second-order valence-electron chi connectivity index (χ2n) is 8.25. The number of benzene rings is 3. The lowest BCUT2D eigenvalue weighted by Gasteiger charge is -2.14. The average molecular weight is 487 g/mol. The molecule has 0 saturated carbocycles. The number of hydrogen-bond donors (Lipinski definition) is 1. The van der Waals surface area contributed by atoms with E-state index in [-0.39, 0.29) is 11.9 Å². The molecule has 35 heavy (non-hydrogen) atoms. The van der Waals surface area contributed by atoms with E-state index in [0.717, 1.165) is 40.2 Å². The zero-order chi connectivity index (χ0) is 24.5. The van der Waals surface area contributed by atoms with E-state index in [9.17, 15) is 4.79 Å². The van der Waals surface area contributed by atoms with Crippen LogP contribution in [0.25, 0.3) is 5.69 Å². The maximum absolute atomic E-state index is 12.4. The van der Waals surface area contributed by atoms with Crippen molar-refractivity contribution in [1.29, 1.82) is 0 Å². The van der Waals surface area contributed by atoms with Gasteiger partial charge in [0.05, 0.1) is 13.2 Å². The highest BCUT2D eigenvalue weighted by Crippen LogP contribution is 2.26. The van der Waals surface area contributed by atoms with Crippen LogP contribution in [0.2, 0.25) is 0 Å². The first-order chi connectivity index (χ1) is 17.1. The zero-order valence-electron chi connectivity index (χ0n) is 20.1. The Morgan fingerprint density at radius 2 is 1.66 bits per heavy atom. The number of hydrogen-bond acceptors (Lipinski definition) is 5. The highest BCUT2D eigenvalue weighted by molar-refractivity contribution is 7.99. The average Bonchev–Trinajstić information content (AvgIpc) is 3.29. The Kier molecular flexibility index (Phi) is 8.57. The molecule has 0 aliphatic carbocycles. The Morgan fingerprint density at radius 1 is 0.971 bits per heavy atom. The van der Waals surface area contributed by atoms with Crippen molar-refractivity contribution in [3.05, 3.63) is 102 Å². The molecule has 4 aromatic rings. The smallest absolute Gasteiger partial charge is 0.220 e. The van der Waals surface area contributed by atoms with Crippen molar-refractivity contribution in [1.82, 2.24) is 20.1 Å². The Bertz CT molecular complexity index is 1210. The van der Waals surface area contributed by atoms with E-state index < -0.39 is 0 Å². The molecule has 1 aromatic heterocycles. The standard InChI is InChI=1S/C28H30N4O2S/c1-21(23-12-7-4-8-13-23)29-27(33)14-9-19-35-28-31-30-26(20-22-10-5-3-6-11-22)32(28)24-15-17-25(34-2)18-16-24/h3-8,10-13,15-18,21H,9,14,19-20H2,1-2H3,(H,29,33). The van der Waals surface area contributed by atoms with Gasteiger partial charge in [-0.1, -0.05) is 72.4 Å². The van der Waals surface area contributed by atoms with Crippen molar-refractivity contribution in [3.63, 3.8) is 0 Å². The molecular formula is C28H30N4O2S. The predicted octanol–water partition coefficient (Wildman–Crippen LogP) is 5.62. The minimum absolute atomic E-state index is 0.00457. The van der Waals surface area contributed by atoms with Gasteiger partial charge in [0.25, 0.3) is 0 Å². The number of rotatable bonds is 11. The molecule has 1 amide bonds. The van der Waals surface area contributed by atoms with Crippen molar-refractivity contribution in [2.24, 2.45) is 0 Å². The van der Waals surface area contributed by atoms with Gasteiger partial charge in [-0.2, -0.15) is 0 Å². The lowest BCUT2D eigenvalue weighted by molar-refractivity contribution is -0.121. The fourth-order valence-corrected chi connectivity index (χ4v) is 4.72. The van der Waals surface area contributed by atoms with Crippen LogP contribution in [-0.4, -0.2) is 33.5 Å². The van der Waals surface area contributed by atoms with Gasteiger partial charge < -0.3 is 10.1 Å². The van der Waals surface area contributed by atoms with E-state index in [1.54, 1.807) is 18.9 Å². The zero-order valence-corrected chi connectivity index (χ0v) is 20.9. The van der Waals surface area contributed by atoms with E-state index in [4.69, 9.17) is 4.74 Å². The molecule has 0 aliphatic heterocycles. The van der Waals surface area contributed by atoms with Crippen molar-refractivity contribution >= 4 is 17.7 Å². The van der Waals surface area contributed by atoms with Crippen molar-refractivity contribution < 1.29 is 9.53 Å². The topological polar surface area (TPSA) is 69.0 Å². The lowest BCUT2D eigenvalue weighted by Crippen LogP contribution is -2.26. The van der Waals surface area contributed by atoms with Crippen LogP contribution >= 0.6 is 11.8 Å². The number of amides is 1. The summed E-state index contributed by atoms with van der Waals surface area (Å²) in [4.78, 5) is 12.4. The molecule has 1 unspecified atom stereocenters. The summed E-state index contributed by atoms with van der Waals surface area (Å²) in [5.41, 5.74) is 3.27. The number of ether oxygens (including phenoxy) is 1. The summed E-state index contributed by atoms with van der Waals surface area (Å²) in [6.07, 6.45) is 1.90. The van der Waals surface area contributed by atoms with Gasteiger partial charge in [-0.05, 0) is 48.7 Å². The third-order valence-electron chi connectivity index (χ3n) is 5.69. The predicted molar refractivity (Wildman–Crippen MR) is 140 cm³/mol. The summed E-state index contributed by atoms with van der Waals surface area (Å²) >= 11 is 1.62. The minimum atomic E-state index is -0.00457. The quantitative estimate of drug-likeness (QED) is 0.220. The first-order valence-electron chi connectivity index (χ1n) is 11.7. The van der Waals surface area contributed by atoms with Gasteiger partial charge in [-0.3, -0.25) is 9.36 Å². The molecule has 6 nitrogen and oxygen atoms in total. The molecular weight excluding hydrogens is 456 g/mol. The largest absolute Gasteiger partial charge is 0.497 e. The number of carbonyl (C=O) groups is 1. The number of nitrogens with zero attached hydrogens (tertiary/aromatic N) is 3. The van der Waals surface area contributed by atoms with Gasteiger partial charge >= 0.3 is 0 Å². The summed E-state index contributed by atoms with van der Waals surface area (Å²) in [7, 11) is 1.66. The molecule has 1 atom stereocenters. The number of aromatic nitrogens is 3. The third kappa shape index (κ3) is 6.73. The SMILES string of the molecule is COc1ccc(-n2c(Cc3ccccc3)nnc2SCCCC(=O)NC(C)c2ccccc2)cc1. The van der Waals surface area contributed by atoms with E-state index in [1.807, 2.05) is 79.7 Å². The molecule has 0 spiro atoms. The Labute approximate surface area is 210 Å². The van der Waals surface area contributed by atoms with Crippen LogP contribution < -0.4 is 10.1 Å². The molecule has 3 aromatic carbocycles. The number of thioether (sulfide) groups is 1. The van der Waals surface area contributed by atoms with Crippen LogP contribution in [0, 0.1) is 0 Å². The maximum Gasteiger partial charge on any atom is 0.220 e. The monoisotopic (exact) mass is 486 g/mol. The van der Waals surface area contributed by atoms with Gasteiger partial charge in [0, 0.05) is 24.3 Å². The Balaban J connectivity index is 1.39. The first-order valence-corrected chi connectivity index (χ1v) is 12.7. The molecule has 1 N–H and O–H groups in total. The second kappa shape index (κ2) is 12.2. The maximum atomic E-state index is 12.4. The van der Waals surface area contributed by atoms with E-state index in [1.165, 1.54) is 5.56 Å². The summed E-state index contributed by atoms with van der Waals surface area (Å²) < 4.78 is 7.41. The Morgan fingerprint density at radius 3 is 2.34 bits per heavy atom. The number of methoxy groups -OCH3 is 1. The summed E-state index contributed by atoms with van der Waals surface area (Å²) in [6, 6.07) is 28.2. The van der Waals surface area contributed by atoms with Crippen LogP contribution in [-0.2, 0) is 11.2 Å². The van der Waals surface area contributed by atoms with Crippen LogP contribution in [0.1, 0.15) is 42.8 Å². The van der Waals surface area contributed by atoms with E-state index in [2.05, 4.69) is 32.2 Å². The van der Waals surface area contributed by atoms with Crippen LogP contribution in [0.5, 0.6) is 5.75 Å². The van der Waals surface area contributed by atoms with Gasteiger partial charge in [0.2, 0.25) is 5.91 Å². The number of carbonyl (C=O) groups excluding carboxylic acids is 1. The van der Waals surface area contributed by atoms with Crippen LogP contribution in [0.4, 0.5) is 0 Å². The first kappa shape index (κ1) is 24.5. The normalized spacial score (nSPS) is 11.7. The molecule has 0 saturated heterocycles. The summed E-state index contributed by atoms with van der Waals surface area (Å²) in [5, 5.41) is 12.9. The molecule has 1 heterocycles. The second-order valence-corrected chi connectivity index (χ2v) is 9.31. The molecule has 180 valence electrons. The van der Waals surface area contributed by atoms with Crippen LogP contribution in [0.3, 0.4) is 0 Å². The van der Waals surface area contributed by atoms with Crippen LogP contribution in [0.15, 0.2) is 90.1 Å². The van der Waals surface area contributed by atoms with Gasteiger partial charge in [0.1, 0.15) is 11.6 Å². The highest BCUT2D eigenvalue weighted by atomic mass is 32.2. The molecule has 7 heteroatoms. The van der Waals surface area contributed by atoms with Crippen molar-refractivity contribution in [3.8, 4) is 11.4 Å². The molecule has 0 aliphatic rings. The van der Waals surface area contributed by atoms with Gasteiger partial charge in [-0.15, -0.1) is 10.2 Å². The summed E-state index contributed by atoms with van der Waals surface area (Å²) in [6.45, 7) is 2.01. The van der Waals surface area contributed by atoms with Gasteiger partial charge in [0.15, 0.2) is 5.16 Å². The lowest BCUT2D eigenvalue weighted by atomic mass is 10.1. The molecule has 0 bridgehead atoms.